The molecule has 0 aliphatic carbocycles. The Bertz CT molecular complexity index is 1110. The normalized spacial score (nSPS) is 13.4. The molecule has 0 bridgehead atoms. The number of hydrogen-bond acceptors (Lipinski definition) is 4. The van der Waals surface area contributed by atoms with Crippen molar-refractivity contribution in [1.29, 1.82) is 5.41 Å². The van der Waals surface area contributed by atoms with Gasteiger partial charge in [0.1, 0.15) is 0 Å². The molecule has 2 amide bonds. The van der Waals surface area contributed by atoms with Crippen molar-refractivity contribution < 1.29 is 14.3 Å². The maximum atomic E-state index is 12.7. The average molecular weight is 449 g/mol. The van der Waals surface area contributed by atoms with Gasteiger partial charge in [-0.1, -0.05) is 48.5 Å². The van der Waals surface area contributed by atoms with Crippen molar-refractivity contribution in [2.24, 2.45) is 0 Å². The van der Waals surface area contributed by atoms with Crippen LogP contribution < -0.4 is 0 Å². The zero-order valence-corrected chi connectivity index (χ0v) is 18.8. The number of imide groups is 1. The number of hydrogen-bond donors (Lipinski definition) is 1. The summed E-state index contributed by atoms with van der Waals surface area (Å²) in [5.41, 5.74) is 5.02. The van der Waals surface area contributed by atoms with E-state index in [1.165, 1.54) is 23.1 Å². The minimum Gasteiger partial charge on any atom is -0.481 e. The molecule has 4 rings (SSSR count). The number of amides is 2. The van der Waals surface area contributed by atoms with E-state index in [2.05, 4.69) is 12.1 Å². The molecule has 1 N–H and O–H groups in total. The van der Waals surface area contributed by atoms with Crippen LogP contribution in [0.3, 0.4) is 0 Å². The minimum absolute atomic E-state index is 0. The molecule has 0 radical (unpaired) electrons. The lowest BCUT2D eigenvalue weighted by atomic mass is 10.00. The van der Waals surface area contributed by atoms with Gasteiger partial charge in [0.05, 0.1) is 24.3 Å². The maximum Gasteiger partial charge on any atom is 0.262 e. The molecular weight excluding hydrogens is 424 g/mol. The second kappa shape index (κ2) is 9.79. The Kier molecular flexibility index (Phi) is 7.11. The van der Waals surface area contributed by atoms with E-state index < -0.39 is 0 Å². The standard InChI is InChI=1S/C26H24N2O3.ClH/c1-17(28-25(29)22-5-3-4-6-23(22)26(28)30)20-13-9-18(10-14-20)7-8-19-11-15-21(16-12-19)24(27)31-2;/h3-6,9-17,27H,7-8H2,1-2H3;1H. The lowest BCUT2D eigenvalue weighted by Gasteiger charge is -2.23. The highest BCUT2D eigenvalue weighted by atomic mass is 35.5. The van der Waals surface area contributed by atoms with Crippen molar-refractivity contribution in [3.63, 3.8) is 0 Å². The van der Waals surface area contributed by atoms with Gasteiger partial charge in [0.25, 0.3) is 11.8 Å². The SMILES string of the molecule is COC(=N)c1ccc(CCc2ccc(C(C)N3C(=O)c4ccccc4C3=O)cc2)cc1.Cl. The van der Waals surface area contributed by atoms with E-state index >= 15 is 0 Å². The highest BCUT2D eigenvalue weighted by Gasteiger charge is 2.38. The van der Waals surface area contributed by atoms with Crippen molar-refractivity contribution >= 4 is 30.1 Å². The summed E-state index contributed by atoms with van der Waals surface area (Å²) < 4.78 is 4.94. The number of benzene rings is 3. The van der Waals surface area contributed by atoms with E-state index in [1.54, 1.807) is 24.3 Å². The minimum atomic E-state index is -0.329. The van der Waals surface area contributed by atoms with Crippen molar-refractivity contribution in [1.82, 2.24) is 4.90 Å². The number of methoxy groups -OCH3 is 1. The van der Waals surface area contributed by atoms with Gasteiger partial charge >= 0.3 is 0 Å². The lowest BCUT2D eigenvalue weighted by Crippen LogP contribution is -2.32. The van der Waals surface area contributed by atoms with E-state index in [0.29, 0.717) is 11.1 Å². The van der Waals surface area contributed by atoms with Crippen LogP contribution in [0.2, 0.25) is 0 Å². The molecule has 5 nitrogen and oxygen atoms in total. The molecule has 0 fully saturated rings. The monoisotopic (exact) mass is 448 g/mol. The van der Waals surface area contributed by atoms with E-state index in [1.807, 2.05) is 43.3 Å². The number of nitrogens with one attached hydrogen (secondary N) is 1. The Morgan fingerprint density at radius 3 is 1.78 bits per heavy atom. The third kappa shape index (κ3) is 4.43. The molecule has 1 atom stereocenters. The summed E-state index contributed by atoms with van der Waals surface area (Å²) in [6, 6.07) is 22.6. The molecule has 32 heavy (non-hydrogen) atoms. The maximum absolute atomic E-state index is 12.7. The molecular formula is C26H25ClN2O3. The first-order chi connectivity index (χ1) is 15.0. The molecule has 0 saturated carbocycles. The van der Waals surface area contributed by atoms with E-state index in [9.17, 15) is 9.59 Å². The van der Waals surface area contributed by atoms with Gasteiger partial charge in [0.15, 0.2) is 0 Å². The number of carbonyl (C=O) groups excluding carboxylic acids is 2. The number of ether oxygens (including phenoxy) is 1. The summed E-state index contributed by atoms with van der Waals surface area (Å²) in [5.74, 6) is -0.307. The average Bonchev–Trinajstić information content (AvgIpc) is 3.07. The molecule has 1 unspecified atom stereocenters. The molecule has 1 aliphatic rings. The highest BCUT2D eigenvalue weighted by molar-refractivity contribution is 6.21. The molecule has 164 valence electrons. The Balaban J connectivity index is 0.00000289. The van der Waals surface area contributed by atoms with Crippen LogP contribution in [-0.2, 0) is 17.6 Å². The number of halogens is 1. The molecule has 1 aliphatic heterocycles. The third-order valence-corrected chi connectivity index (χ3v) is 5.80. The van der Waals surface area contributed by atoms with Gasteiger partial charge in [-0.25, -0.2) is 0 Å². The highest BCUT2D eigenvalue weighted by Crippen LogP contribution is 2.31. The Hall–Kier alpha value is -3.44. The Morgan fingerprint density at radius 2 is 1.31 bits per heavy atom. The van der Waals surface area contributed by atoms with Gasteiger partial charge in [0, 0.05) is 5.56 Å². The van der Waals surface area contributed by atoms with Crippen LogP contribution in [0.4, 0.5) is 0 Å². The number of nitrogens with zero attached hydrogens (tertiary/aromatic N) is 1. The predicted octanol–water partition coefficient (Wildman–Crippen LogP) is 5.22. The summed E-state index contributed by atoms with van der Waals surface area (Å²) in [6.07, 6.45) is 1.76. The van der Waals surface area contributed by atoms with Crippen LogP contribution in [0.5, 0.6) is 0 Å². The van der Waals surface area contributed by atoms with Crippen LogP contribution in [0.15, 0.2) is 72.8 Å². The van der Waals surface area contributed by atoms with E-state index in [0.717, 1.165) is 24.0 Å². The van der Waals surface area contributed by atoms with E-state index in [4.69, 9.17) is 10.1 Å². The summed E-state index contributed by atoms with van der Waals surface area (Å²) in [5, 5.41) is 7.70. The van der Waals surface area contributed by atoms with Crippen molar-refractivity contribution in [2.75, 3.05) is 7.11 Å². The molecule has 0 aromatic heterocycles. The fourth-order valence-electron chi connectivity index (χ4n) is 3.90. The van der Waals surface area contributed by atoms with Gasteiger partial charge < -0.3 is 4.74 Å². The zero-order chi connectivity index (χ0) is 22.0. The second-order valence-electron chi connectivity index (χ2n) is 7.67. The lowest BCUT2D eigenvalue weighted by molar-refractivity contribution is 0.0595. The van der Waals surface area contributed by atoms with E-state index in [-0.39, 0.29) is 36.2 Å². The van der Waals surface area contributed by atoms with Crippen LogP contribution in [0.25, 0.3) is 0 Å². The smallest absolute Gasteiger partial charge is 0.262 e. The molecule has 3 aromatic carbocycles. The summed E-state index contributed by atoms with van der Waals surface area (Å²) in [7, 11) is 1.50. The molecule has 0 saturated heterocycles. The van der Waals surface area contributed by atoms with Crippen molar-refractivity contribution in [3.05, 3.63) is 106 Å². The first-order valence-electron chi connectivity index (χ1n) is 10.3. The first kappa shape index (κ1) is 23.2. The third-order valence-electron chi connectivity index (χ3n) is 5.80. The summed E-state index contributed by atoms with van der Waals surface area (Å²) >= 11 is 0. The molecule has 6 heteroatoms. The number of fused-ring (bicyclic) bond motifs is 1. The van der Waals surface area contributed by atoms with Gasteiger partial charge in [-0.15, -0.1) is 12.4 Å². The number of rotatable bonds is 6. The zero-order valence-electron chi connectivity index (χ0n) is 18.0. The van der Waals surface area contributed by atoms with Gasteiger partial charge in [-0.2, -0.15) is 0 Å². The Labute approximate surface area is 193 Å². The fourth-order valence-corrected chi connectivity index (χ4v) is 3.90. The molecule has 3 aromatic rings. The van der Waals surface area contributed by atoms with Crippen LogP contribution in [-0.4, -0.2) is 29.7 Å². The van der Waals surface area contributed by atoms with Crippen LogP contribution in [0, 0.1) is 5.41 Å². The topological polar surface area (TPSA) is 70.5 Å². The van der Waals surface area contributed by atoms with Crippen LogP contribution in [0.1, 0.15) is 55.9 Å². The van der Waals surface area contributed by atoms with Crippen molar-refractivity contribution in [2.45, 2.75) is 25.8 Å². The largest absolute Gasteiger partial charge is 0.481 e. The summed E-state index contributed by atoms with van der Waals surface area (Å²) in [4.78, 5) is 26.8. The van der Waals surface area contributed by atoms with Crippen LogP contribution >= 0.6 is 12.4 Å². The second-order valence-corrected chi connectivity index (χ2v) is 7.67. The summed E-state index contributed by atoms with van der Waals surface area (Å²) in [6.45, 7) is 1.88. The van der Waals surface area contributed by atoms with Crippen molar-refractivity contribution in [3.8, 4) is 0 Å². The predicted molar refractivity (Wildman–Crippen MR) is 127 cm³/mol. The molecule has 1 heterocycles. The Morgan fingerprint density at radius 1 is 0.844 bits per heavy atom. The first-order valence-corrected chi connectivity index (χ1v) is 10.3. The fraction of sp³-hybridized carbons (Fsp3) is 0.192. The number of carbonyl (C=O) groups is 2. The number of aryl methyl sites for hydroxylation is 2. The molecule has 0 spiro atoms. The van der Waals surface area contributed by atoms with Gasteiger partial charge in [-0.05, 0) is 60.7 Å². The quantitative estimate of drug-likeness (QED) is 0.319. The van der Waals surface area contributed by atoms with Gasteiger partial charge in [0.2, 0.25) is 5.90 Å². The van der Waals surface area contributed by atoms with Gasteiger partial charge in [-0.3, -0.25) is 19.9 Å².